The highest BCUT2D eigenvalue weighted by Crippen LogP contribution is 2.46. The van der Waals surface area contributed by atoms with Crippen molar-refractivity contribution in [2.75, 3.05) is 24.5 Å². The van der Waals surface area contributed by atoms with Gasteiger partial charge in [0.2, 0.25) is 0 Å². The molecule has 1 amide bonds. The largest absolute Gasteiger partial charge is 0.348 e. The molecule has 2 fully saturated rings. The maximum Gasteiger partial charge on any atom is 0.265 e. The Morgan fingerprint density at radius 2 is 1.97 bits per heavy atom. The van der Waals surface area contributed by atoms with E-state index in [0.717, 1.165) is 49.7 Å². The van der Waals surface area contributed by atoms with Gasteiger partial charge in [0, 0.05) is 23.7 Å². The third-order valence-electron chi connectivity index (χ3n) is 5.94. The van der Waals surface area contributed by atoms with Gasteiger partial charge in [0.1, 0.15) is 17.7 Å². The second-order valence-corrected chi connectivity index (χ2v) is 8.67. The van der Waals surface area contributed by atoms with Gasteiger partial charge in [-0.3, -0.25) is 4.79 Å². The lowest BCUT2D eigenvalue weighted by Crippen LogP contribution is -2.44. The average Bonchev–Trinajstić information content (AvgIpc) is 2.99. The molecular formula is C23H34N6O. The topological polar surface area (TPSA) is 82.5 Å². The summed E-state index contributed by atoms with van der Waals surface area (Å²) in [6.07, 6.45) is 7.74. The molecule has 2 saturated heterocycles. The zero-order valence-corrected chi connectivity index (χ0v) is 19.0. The number of rotatable bonds is 4. The summed E-state index contributed by atoms with van der Waals surface area (Å²) >= 11 is 0. The van der Waals surface area contributed by atoms with Gasteiger partial charge in [-0.15, -0.1) is 0 Å². The number of anilines is 1. The Morgan fingerprint density at radius 1 is 1.27 bits per heavy atom. The lowest BCUT2D eigenvalue weighted by atomic mass is 9.86. The predicted molar refractivity (Wildman–Crippen MR) is 122 cm³/mol. The van der Waals surface area contributed by atoms with Crippen molar-refractivity contribution in [1.82, 2.24) is 20.6 Å². The predicted octanol–water partition coefficient (Wildman–Crippen LogP) is 3.44. The van der Waals surface area contributed by atoms with Gasteiger partial charge in [-0.05, 0) is 59.2 Å². The zero-order valence-electron chi connectivity index (χ0n) is 19.0. The van der Waals surface area contributed by atoms with Crippen LogP contribution in [-0.4, -0.2) is 47.3 Å². The van der Waals surface area contributed by atoms with Crippen molar-refractivity contribution in [3.8, 4) is 0 Å². The molecule has 2 aliphatic heterocycles. The minimum Gasteiger partial charge on any atom is -0.348 e. The van der Waals surface area contributed by atoms with Gasteiger partial charge in [0.15, 0.2) is 5.82 Å². The summed E-state index contributed by atoms with van der Waals surface area (Å²) in [4.78, 5) is 28.6. The van der Waals surface area contributed by atoms with E-state index in [4.69, 9.17) is 4.99 Å². The highest BCUT2D eigenvalue weighted by Gasteiger charge is 2.39. The van der Waals surface area contributed by atoms with Crippen LogP contribution < -0.4 is 15.5 Å². The fourth-order valence-corrected chi connectivity index (χ4v) is 4.35. The molecule has 0 radical (unpaired) electrons. The first-order valence-corrected chi connectivity index (χ1v) is 10.8. The van der Waals surface area contributed by atoms with Crippen LogP contribution in [0.4, 0.5) is 11.5 Å². The number of carbonyl (C=O) groups is 1. The van der Waals surface area contributed by atoms with E-state index in [1.54, 1.807) is 13.3 Å². The molecule has 0 spiro atoms. The molecule has 0 aliphatic carbocycles. The van der Waals surface area contributed by atoms with Gasteiger partial charge in [0.25, 0.3) is 5.91 Å². The van der Waals surface area contributed by atoms with Gasteiger partial charge in [-0.1, -0.05) is 26.0 Å². The molecule has 7 nitrogen and oxygen atoms in total. The molecule has 3 heterocycles. The Kier molecular flexibility index (Phi) is 6.71. The van der Waals surface area contributed by atoms with E-state index < -0.39 is 0 Å². The molecule has 0 saturated carbocycles. The summed E-state index contributed by atoms with van der Waals surface area (Å²) in [5.74, 6) is 0.618. The minimum absolute atomic E-state index is 0.00211. The molecule has 1 aromatic heterocycles. The van der Waals surface area contributed by atoms with Crippen LogP contribution in [0.5, 0.6) is 0 Å². The molecule has 2 aliphatic rings. The number of piperidine rings is 1. The van der Waals surface area contributed by atoms with Crippen molar-refractivity contribution >= 4 is 23.1 Å². The molecule has 162 valence electrons. The van der Waals surface area contributed by atoms with E-state index in [2.05, 4.69) is 58.4 Å². The summed E-state index contributed by atoms with van der Waals surface area (Å²) in [6.45, 7) is 14.9. The number of nitrogens with one attached hydrogen (secondary N) is 2. The Labute approximate surface area is 179 Å². The number of aryl methyl sites for hydroxylation is 1. The summed E-state index contributed by atoms with van der Waals surface area (Å²) in [5.41, 5.74) is 4.27. The molecule has 0 atom stereocenters. The van der Waals surface area contributed by atoms with Crippen LogP contribution in [0.2, 0.25) is 0 Å². The molecule has 0 unspecified atom stereocenters. The minimum atomic E-state index is -0.127. The Morgan fingerprint density at radius 3 is 2.60 bits per heavy atom. The van der Waals surface area contributed by atoms with Gasteiger partial charge in [0.05, 0.1) is 5.69 Å². The van der Waals surface area contributed by atoms with Crippen molar-refractivity contribution in [3.63, 3.8) is 0 Å². The Balaban J connectivity index is 1.93. The number of aromatic nitrogens is 2. The fraction of sp³-hybridized carbons (Fsp3) is 0.565. The standard InChI is InChI=1S/C23H34N6O/c1-7-18-19(8-2)29(13-23(18,5)6)21-20(15(3)25-14-26-21)27-16(4)22(30)28-17-9-11-24-12-10-17/h7-8,14,17,24H,9-13H2,1-6H3,(H,28,30)/b18-7+,19-8+,27-16+. The van der Waals surface area contributed by atoms with Crippen LogP contribution in [0.1, 0.15) is 53.2 Å². The van der Waals surface area contributed by atoms with E-state index in [-0.39, 0.29) is 17.4 Å². The van der Waals surface area contributed by atoms with Gasteiger partial charge in [-0.2, -0.15) is 0 Å². The van der Waals surface area contributed by atoms with Gasteiger partial charge >= 0.3 is 0 Å². The maximum absolute atomic E-state index is 12.7. The van der Waals surface area contributed by atoms with Crippen molar-refractivity contribution in [3.05, 3.63) is 35.4 Å². The van der Waals surface area contributed by atoms with Crippen LogP contribution in [-0.2, 0) is 4.79 Å². The SMILES string of the molecule is C/C=C1\C(=C/C)N(c2ncnc(C)c2/N=C(\C)C(=O)NC2CCNCC2)CC1(C)C. The number of nitrogens with zero attached hydrogens (tertiary/aromatic N) is 4. The summed E-state index contributed by atoms with van der Waals surface area (Å²) in [7, 11) is 0. The Hall–Kier alpha value is -2.54. The first-order valence-electron chi connectivity index (χ1n) is 10.8. The van der Waals surface area contributed by atoms with Gasteiger partial charge in [-0.25, -0.2) is 15.0 Å². The van der Waals surface area contributed by atoms with E-state index >= 15 is 0 Å². The van der Waals surface area contributed by atoms with Crippen LogP contribution in [0, 0.1) is 12.3 Å². The van der Waals surface area contributed by atoms with Crippen molar-refractivity contribution in [2.45, 2.75) is 60.4 Å². The molecule has 1 aromatic rings. The first kappa shape index (κ1) is 22.2. The smallest absolute Gasteiger partial charge is 0.265 e. The molecule has 3 rings (SSSR count). The van der Waals surface area contributed by atoms with E-state index in [1.165, 1.54) is 5.57 Å². The number of amides is 1. The molecule has 7 heteroatoms. The quantitative estimate of drug-likeness (QED) is 0.743. The molecule has 0 bridgehead atoms. The normalized spacial score (nSPS) is 22.7. The summed E-state index contributed by atoms with van der Waals surface area (Å²) in [6, 6.07) is 0.197. The van der Waals surface area contributed by atoms with E-state index in [9.17, 15) is 4.79 Å². The summed E-state index contributed by atoms with van der Waals surface area (Å²) < 4.78 is 0. The van der Waals surface area contributed by atoms with Crippen LogP contribution >= 0.6 is 0 Å². The second kappa shape index (κ2) is 9.08. The highest BCUT2D eigenvalue weighted by molar-refractivity contribution is 6.38. The number of hydrogen-bond acceptors (Lipinski definition) is 6. The lowest BCUT2D eigenvalue weighted by Gasteiger charge is -2.24. The third-order valence-corrected chi connectivity index (χ3v) is 5.94. The van der Waals surface area contributed by atoms with E-state index in [1.807, 2.05) is 13.8 Å². The van der Waals surface area contributed by atoms with Gasteiger partial charge < -0.3 is 15.5 Å². The second-order valence-electron chi connectivity index (χ2n) is 8.67. The number of allylic oxidation sites excluding steroid dienone is 3. The molecular weight excluding hydrogens is 376 g/mol. The highest BCUT2D eigenvalue weighted by atomic mass is 16.1. The third kappa shape index (κ3) is 4.46. The first-order chi connectivity index (χ1) is 14.3. The van der Waals surface area contributed by atoms with Crippen LogP contribution in [0.3, 0.4) is 0 Å². The van der Waals surface area contributed by atoms with Crippen molar-refractivity contribution in [1.29, 1.82) is 0 Å². The van der Waals surface area contributed by atoms with Crippen LogP contribution in [0.15, 0.2) is 34.7 Å². The van der Waals surface area contributed by atoms with Crippen LogP contribution in [0.25, 0.3) is 0 Å². The van der Waals surface area contributed by atoms with Crippen molar-refractivity contribution < 1.29 is 4.79 Å². The number of hydrogen-bond donors (Lipinski definition) is 2. The number of carbonyl (C=O) groups excluding carboxylic acids is 1. The average molecular weight is 411 g/mol. The van der Waals surface area contributed by atoms with E-state index in [0.29, 0.717) is 11.4 Å². The van der Waals surface area contributed by atoms with Crippen molar-refractivity contribution in [2.24, 2.45) is 10.4 Å². The Bertz CT molecular complexity index is 893. The molecule has 2 N–H and O–H groups in total. The lowest BCUT2D eigenvalue weighted by molar-refractivity contribution is -0.115. The molecule has 0 aromatic carbocycles. The zero-order chi connectivity index (χ0) is 21.9. The number of aliphatic imine (C=N–C) groups is 1. The maximum atomic E-state index is 12.7. The monoisotopic (exact) mass is 410 g/mol. The summed E-state index contributed by atoms with van der Waals surface area (Å²) in [5, 5.41) is 6.43. The fourth-order valence-electron chi connectivity index (χ4n) is 4.35. The molecule has 30 heavy (non-hydrogen) atoms.